The molecule has 0 unspecified atom stereocenters. The molecule has 0 bridgehead atoms. The molecule has 2 aromatic carbocycles. The Hall–Kier alpha value is -4.02. The van der Waals surface area contributed by atoms with Crippen LogP contribution in [0.25, 0.3) is 0 Å². The third-order valence-electron chi connectivity index (χ3n) is 5.69. The predicted molar refractivity (Wildman–Crippen MR) is 143 cm³/mol. The molecule has 9 nitrogen and oxygen atoms in total. The fourth-order valence-corrected chi connectivity index (χ4v) is 5.26. The lowest BCUT2D eigenvalue weighted by Crippen LogP contribution is -2.30. The van der Waals surface area contributed by atoms with Crippen LogP contribution in [0.5, 0.6) is 0 Å². The molecular weight excluding hydrogens is 474 g/mol. The number of nitrogen functional groups attached to an aromatic ring is 1. The highest BCUT2D eigenvalue weighted by Gasteiger charge is 2.22. The first-order valence-corrected chi connectivity index (χ1v) is 13.1. The molecule has 0 spiro atoms. The average molecular weight is 504 g/mol. The van der Waals surface area contributed by atoms with Crippen molar-refractivity contribution in [1.82, 2.24) is 19.3 Å². The molecule has 0 aliphatic heterocycles. The fraction of sp³-hybridized carbons (Fsp3) is 0.192. The van der Waals surface area contributed by atoms with Gasteiger partial charge < -0.3 is 16.0 Å². The lowest BCUT2D eigenvalue weighted by molar-refractivity contribution is 0.445. The van der Waals surface area contributed by atoms with Crippen molar-refractivity contribution in [2.24, 2.45) is 0 Å². The van der Waals surface area contributed by atoms with Gasteiger partial charge in [0.1, 0.15) is 17.8 Å². The van der Waals surface area contributed by atoms with E-state index in [2.05, 4.69) is 20.3 Å². The summed E-state index contributed by atoms with van der Waals surface area (Å²) in [6.45, 7) is 4.97. The van der Waals surface area contributed by atoms with Crippen molar-refractivity contribution in [1.29, 1.82) is 0 Å². The molecule has 0 radical (unpaired) electrons. The van der Waals surface area contributed by atoms with Crippen molar-refractivity contribution in [3.63, 3.8) is 0 Å². The van der Waals surface area contributed by atoms with Gasteiger partial charge in [0, 0.05) is 25.0 Å². The van der Waals surface area contributed by atoms with Crippen LogP contribution in [0, 0.1) is 0 Å². The SMILES string of the molecule is CCN(CC)S(=O)(=O)c1ccc(Nc2ncnc(N(Cc3ccccc3)c3ccccn3)c2N)cc1. The number of nitrogens with two attached hydrogens (primary N) is 1. The Morgan fingerprint density at radius 3 is 2.19 bits per heavy atom. The molecular formula is C26H29N7O2S. The van der Waals surface area contributed by atoms with Crippen LogP contribution in [0.2, 0.25) is 0 Å². The molecule has 0 aliphatic rings. The highest BCUT2D eigenvalue weighted by molar-refractivity contribution is 7.89. The van der Waals surface area contributed by atoms with E-state index in [1.165, 1.54) is 10.6 Å². The van der Waals surface area contributed by atoms with E-state index in [1.54, 1.807) is 30.5 Å². The van der Waals surface area contributed by atoms with Crippen LogP contribution in [0.1, 0.15) is 19.4 Å². The monoisotopic (exact) mass is 503 g/mol. The van der Waals surface area contributed by atoms with Crippen LogP contribution in [0.15, 0.2) is 90.2 Å². The molecule has 3 N–H and O–H groups in total. The van der Waals surface area contributed by atoms with Gasteiger partial charge in [-0.3, -0.25) is 0 Å². The van der Waals surface area contributed by atoms with Crippen LogP contribution >= 0.6 is 0 Å². The van der Waals surface area contributed by atoms with Crippen LogP contribution in [0.4, 0.5) is 28.8 Å². The molecule has 2 heterocycles. The van der Waals surface area contributed by atoms with Crippen molar-refractivity contribution in [3.05, 3.63) is 90.9 Å². The molecule has 0 aliphatic carbocycles. The van der Waals surface area contributed by atoms with Gasteiger partial charge in [0.25, 0.3) is 0 Å². The highest BCUT2D eigenvalue weighted by Crippen LogP contribution is 2.33. The third kappa shape index (κ3) is 5.45. The first kappa shape index (κ1) is 25.1. The molecule has 0 amide bonds. The number of aromatic nitrogens is 3. The van der Waals surface area contributed by atoms with Crippen LogP contribution in [0.3, 0.4) is 0 Å². The molecule has 4 rings (SSSR count). The Kier molecular flexibility index (Phi) is 7.77. The van der Waals surface area contributed by atoms with E-state index in [-0.39, 0.29) is 4.90 Å². The number of hydrogen-bond donors (Lipinski definition) is 2. The lowest BCUT2D eigenvalue weighted by atomic mass is 10.2. The third-order valence-corrected chi connectivity index (χ3v) is 7.75. The molecule has 0 fully saturated rings. The predicted octanol–water partition coefficient (Wildman–Crippen LogP) is 4.57. The summed E-state index contributed by atoms with van der Waals surface area (Å²) in [4.78, 5) is 15.4. The van der Waals surface area contributed by atoms with E-state index in [0.29, 0.717) is 48.5 Å². The van der Waals surface area contributed by atoms with Gasteiger partial charge >= 0.3 is 0 Å². The summed E-state index contributed by atoms with van der Waals surface area (Å²) < 4.78 is 27.0. The highest BCUT2D eigenvalue weighted by atomic mass is 32.2. The zero-order valence-electron chi connectivity index (χ0n) is 20.2. The lowest BCUT2D eigenvalue weighted by Gasteiger charge is -2.25. The Morgan fingerprint density at radius 1 is 0.861 bits per heavy atom. The number of nitrogens with one attached hydrogen (secondary N) is 1. The number of anilines is 5. The minimum Gasteiger partial charge on any atom is -0.393 e. The van der Waals surface area contributed by atoms with Gasteiger partial charge in [-0.25, -0.2) is 23.4 Å². The van der Waals surface area contributed by atoms with E-state index in [0.717, 1.165) is 5.56 Å². The summed E-state index contributed by atoms with van der Waals surface area (Å²) in [5.74, 6) is 1.62. The Morgan fingerprint density at radius 2 is 1.56 bits per heavy atom. The van der Waals surface area contributed by atoms with E-state index in [9.17, 15) is 8.42 Å². The number of pyridine rings is 1. The molecule has 0 atom stereocenters. The second kappa shape index (κ2) is 11.1. The van der Waals surface area contributed by atoms with Crippen molar-refractivity contribution in [3.8, 4) is 0 Å². The Balaban J connectivity index is 1.63. The maximum atomic E-state index is 12.8. The van der Waals surface area contributed by atoms with Crippen molar-refractivity contribution < 1.29 is 8.42 Å². The zero-order valence-corrected chi connectivity index (χ0v) is 21.1. The van der Waals surface area contributed by atoms with Crippen molar-refractivity contribution in [2.45, 2.75) is 25.3 Å². The van der Waals surface area contributed by atoms with Crippen LogP contribution < -0.4 is 16.0 Å². The average Bonchev–Trinajstić information content (AvgIpc) is 2.91. The molecule has 10 heteroatoms. The molecule has 36 heavy (non-hydrogen) atoms. The van der Waals surface area contributed by atoms with Gasteiger partial charge in [-0.05, 0) is 42.0 Å². The number of benzene rings is 2. The second-order valence-corrected chi connectivity index (χ2v) is 9.90. The number of rotatable bonds is 10. The van der Waals surface area contributed by atoms with Crippen molar-refractivity contribution in [2.75, 3.05) is 29.0 Å². The summed E-state index contributed by atoms with van der Waals surface area (Å²) in [5.41, 5.74) is 8.61. The summed E-state index contributed by atoms with van der Waals surface area (Å²) >= 11 is 0. The molecule has 0 saturated carbocycles. The summed E-state index contributed by atoms with van der Waals surface area (Å²) in [7, 11) is -3.54. The summed E-state index contributed by atoms with van der Waals surface area (Å²) in [6.07, 6.45) is 3.16. The van der Waals surface area contributed by atoms with Gasteiger partial charge in [-0.2, -0.15) is 4.31 Å². The van der Waals surface area contributed by atoms with Gasteiger partial charge in [-0.1, -0.05) is 50.2 Å². The van der Waals surface area contributed by atoms with Gasteiger partial charge in [0.15, 0.2) is 11.6 Å². The number of nitrogens with zero attached hydrogens (tertiary/aromatic N) is 5. The largest absolute Gasteiger partial charge is 0.393 e. The van der Waals surface area contributed by atoms with E-state index in [4.69, 9.17) is 5.73 Å². The molecule has 2 aromatic heterocycles. The molecule has 0 saturated heterocycles. The van der Waals surface area contributed by atoms with E-state index < -0.39 is 10.0 Å². The van der Waals surface area contributed by atoms with Gasteiger partial charge in [-0.15, -0.1) is 0 Å². The quantitative estimate of drug-likeness (QED) is 0.323. The fourth-order valence-electron chi connectivity index (χ4n) is 3.80. The van der Waals surface area contributed by atoms with E-state index in [1.807, 2.05) is 67.3 Å². The Labute approximate surface area is 211 Å². The first-order chi connectivity index (χ1) is 17.4. The first-order valence-electron chi connectivity index (χ1n) is 11.6. The second-order valence-electron chi connectivity index (χ2n) is 7.96. The topological polar surface area (TPSA) is 117 Å². The van der Waals surface area contributed by atoms with Crippen molar-refractivity contribution >= 4 is 38.9 Å². The maximum absolute atomic E-state index is 12.8. The normalized spacial score (nSPS) is 11.4. The number of sulfonamides is 1. The standard InChI is InChI=1S/C26H29N7O2S/c1-3-32(4-2)36(34,35)22-15-13-21(14-16-22)31-25-24(27)26(30-19-29-25)33(23-12-8-9-17-28-23)18-20-10-6-5-7-11-20/h5-17,19H,3-4,18,27H2,1-2H3,(H,29,30,31). The van der Waals surface area contributed by atoms with Gasteiger partial charge in [0.05, 0.1) is 11.4 Å². The maximum Gasteiger partial charge on any atom is 0.243 e. The smallest absolute Gasteiger partial charge is 0.243 e. The summed E-state index contributed by atoms with van der Waals surface area (Å²) in [5, 5.41) is 3.19. The minimum absolute atomic E-state index is 0.234. The van der Waals surface area contributed by atoms with Gasteiger partial charge in [0.2, 0.25) is 10.0 Å². The minimum atomic E-state index is -3.54. The zero-order chi connectivity index (χ0) is 25.5. The number of hydrogen-bond acceptors (Lipinski definition) is 8. The molecule has 186 valence electrons. The van der Waals surface area contributed by atoms with Crippen LogP contribution in [-0.2, 0) is 16.6 Å². The van der Waals surface area contributed by atoms with E-state index >= 15 is 0 Å². The summed E-state index contributed by atoms with van der Waals surface area (Å²) in [6, 6.07) is 22.2. The molecule has 4 aromatic rings. The Bertz CT molecular complexity index is 1380. The van der Waals surface area contributed by atoms with Crippen LogP contribution in [-0.4, -0.2) is 40.8 Å².